The molecule has 1 aliphatic rings. The van der Waals surface area contributed by atoms with Crippen molar-refractivity contribution in [2.24, 2.45) is 5.41 Å². The second-order valence-electron chi connectivity index (χ2n) is 4.51. The van der Waals surface area contributed by atoms with Crippen LogP contribution in [0.1, 0.15) is 31.1 Å². The molecule has 0 amide bonds. The summed E-state index contributed by atoms with van der Waals surface area (Å²) in [4.78, 5) is 1.33. The van der Waals surface area contributed by atoms with E-state index >= 15 is 0 Å². The lowest BCUT2D eigenvalue weighted by atomic mass is 10.0. The highest BCUT2D eigenvalue weighted by atomic mass is 79.9. The van der Waals surface area contributed by atoms with Gasteiger partial charge in [-0.1, -0.05) is 6.92 Å². The van der Waals surface area contributed by atoms with Crippen LogP contribution in [0.15, 0.2) is 10.5 Å². The zero-order valence-electron chi connectivity index (χ0n) is 9.81. The monoisotopic (exact) mass is 303 g/mol. The molecule has 1 saturated carbocycles. The molecule has 2 nitrogen and oxygen atoms in total. The van der Waals surface area contributed by atoms with Crippen molar-refractivity contribution in [3.63, 3.8) is 0 Å². The van der Waals surface area contributed by atoms with Gasteiger partial charge in [0, 0.05) is 18.0 Å². The van der Waals surface area contributed by atoms with Crippen molar-refractivity contribution in [2.75, 3.05) is 13.7 Å². The van der Waals surface area contributed by atoms with Gasteiger partial charge in [0.05, 0.1) is 11.6 Å². The Kier molecular flexibility index (Phi) is 3.93. The lowest BCUT2D eigenvalue weighted by Gasteiger charge is -2.12. The van der Waals surface area contributed by atoms with Crippen LogP contribution >= 0.6 is 27.3 Å². The number of hydrogen-bond acceptors (Lipinski definition) is 3. The fourth-order valence-corrected chi connectivity index (χ4v) is 3.57. The molecule has 1 aliphatic carbocycles. The average molecular weight is 304 g/mol. The minimum atomic E-state index is 0.624. The van der Waals surface area contributed by atoms with E-state index in [9.17, 15) is 0 Å². The van der Waals surface area contributed by atoms with E-state index < -0.39 is 0 Å². The first-order valence-corrected chi connectivity index (χ1v) is 7.33. The summed E-state index contributed by atoms with van der Waals surface area (Å²) in [7, 11) is 1.71. The number of methoxy groups -OCH3 is 1. The minimum Gasteiger partial charge on any atom is -0.486 e. The third-order valence-corrected chi connectivity index (χ3v) is 5.35. The molecule has 1 aromatic heterocycles. The van der Waals surface area contributed by atoms with Crippen molar-refractivity contribution < 1.29 is 4.74 Å². The maximum absolute atomic E-state index is 5.25. The van der Waals surface area contributed by atoms with E-state index in [4.69, 9.17) is 4.74 Å². The number of hydrogen-bond donors (Lipinski definition) is 1. The lowest BCUT2D eigenvalue weighted by molar-refractivity contribution is 0.425. The van der Waals surface area contributed by atoms with Crippen LogP contribution in [0.4, 0.5) is 0 Å². The first-order chi connectivity index (χ1) is 7.69. The first kappa shape index (κ1) is 12.4. The largest absolute Gasteiger partial charge is 0.486 e. The molecular weight excluding hydrogens is 286 g/mol. The zero-order valence-corrected chi connectivity index (χ0v) is 12.2. The third-order valence-electron chi connectivity index (χ3n) is 3.40. The molecule has 0 unspecified atom stereocenters. The molecule has 1 aromatic rings. The number of rotatable bonds is 6. The Bertz CT molecular complexity index is 360. The predicted molar refractivity (Wildman–Crippen MR) is 72.2 cm³/mol. The minimum absolute atomic E-state index is 0.624. The van der Waals surface area contributed by atoms with Crippen LogP contribution in [-0.4, -0.2) is 13.7 Å². The van der Waals surface area contributed by atoms with Gasteiger partial charge in [-0.05, 0) is 46.7 Å². The topological polar surface area (TPSA) is 21.3 Å². The van der Waals surface area contributed by atoms with Gasteiger partial charge < -0.3 is 10.1 Å². The van der Waals surface area contributed by atoms with Crippen LogP contribution in [0.25, 0.3) is 0 Å². The molecule has 1 fully saturated rings. The number of nitrogens with one attached hydrogen (secondary N) is 1. The summed E-state index contributed by atoms with van der Waals surface area (Å²) < 4.78 is 6.31. The van der Waals surface area contributed by atoms with Crippen LogP contribution < -0.4 is 10.1 Å². The molecule has 1 N–H and O–H groups in total. The molecular formula is C12H18BrNOS. The Morgan fingerprint density at radius 2 is 2.31 bits per heavy atom. The second-order valence-corrected chi connectivity index (χ2v) is 6.46. The van der Waals surface area contributed by atoms with E-state index in [0.717, 1.165) is 22.6 Å². The van der Waals surface area contributed by atoms with Crippen LogP contribution in [0, 0.1) is 5.41 Å². The second kappa shape index (κ2) is 5.07. The highest BCUT2D eigenvalue weighted by Gasteiger charge is 2.39. The van der Waals surface area contributed by atoms with Gasteiger partial charge in [0.25, 0.3) is 0 Å². The third kappa shape index (κ3) is 2.79. The molecule has 0 bridgehead atoms. The smallest absolute Gasteiger partial charge is 0.188 e. The summed E-state index contributed by atoms with van der Waals surface area (Å²) in [5.41, 5.74) is 0.624. The summed E-state index contributed by atoms with van der Waals surface area (Å²) in [5, 5.41) is 4.52. The fraction of sp³-hybridized carbons (Fsp3) is 0.667. The van der Waals surface area contributed by atoms with Gasteiger partial charge in [-0.25, -0.2) is 0 Å². The van der Waals surface area contributed by atoms with Crippen LogP contribution in [0.5, 0.6) is 5.06 Å². The van der Waals surface area contributed by atoms with Gasteiger partial charge in [-0.3, -0.25) is 0 Å². The van der Waals surface area contributed by atoms with E-state index in [-0.39, 0.29) is 0 Å². The maximum atomic E-state index is 5.25. The maximum Gasteiger partial charge on any atom is 0.188 e. The van der Waals surface area contributed by atoms with Crippen LogP contribution in [-0.2, 0) is 6.54 Å². The molecule has 0 atom stereocenters. The molecule has 0 spiro atoms. The van der Waals surface area contributed by atoms with E-state index in [1.54, 1.807) is 18.4 Å². The summed E-state index contributed by atoms with van der Waals surface area (Å²) in [6.45, 7) is 4.40. The molecule has 90 valence electrons. The highest BCUT2D eigenvalue weighted by Crippen LogP contribution is 2.48. The zero-order chi connectivity index (χ0) is 11.6. The van der Waals surface area contributed by atoms with E-state index in [0.29, 0.717) is 5.41 Å². The molecule has 0 saturated heterocycles. The summed E-state index contributed by atoms with van der Waals surface area (Å²) in [6.07, 6.45) is 4.10. The van der Waals surface area contributed by atoms with Gasteiger partial charge in [0.1, 0.15) is 0 Å². The van der Waals surface area contributed by atoms with Crippen molar-refractivity contribution in [1.82, 2.24) is 5.32 Å². The van der Waals surface area contributed by atoms with E-state index in [1.165, 1.54) is 24.1 Å². The van der Waals surface area contributed by atoms with Crippen LogP contribution in [0.2, 0.25) is 0 Å². The van der Waals surface area contributed by atoms with Gasteiger partial charge >= 0.3 is 0 Å². The van der Waals surface area contributed by atoms with Gasteiger partial charge in [0.2, 0.25) is 0 Å². The van der Waals surface area contributed by atoms with Gasteiger partial charge in [0.15, 0.2) is 5.06 Å². The average Bonchev–Trinajstić information content (AvgIpc) is 2.97. The normalized spacial score (nSPS) is 17.4. The molecule has 2 rings (SSSR count). The molecule has 0 radical (unpaired) electrons. The quantitative estimate of drug-likeness (QED) is 0.863. The van der Waals surface area contributed by atoms with E-state index in [2.05, 4.69) is 34.2 Å². The summed E-state index contributed by atoms with van der Waals surface area (Å²) in [5.74, 6) is 0. The Morgan fingerprint density at radius 3 is 2.81 bits per heavy atom. The summed E-state index contributed by atoms with van der Waals surface area (Å²) >= 11 is 5.20. The van der Waals surface area contributed by atoms with Crippen molar-refractivity contribution in [2.45, 2.75) is 32.7 Å². The molecule has 0 aliphatic heterocycles. The van der Waals surface area contributed by atoms with E-state index in [1.807, 2.05) is 0 Å². The molecule has 16 heavy (non-hydrogen) atoms. The fourth-order valence-electron chi connectivity index (χ4n) is 1.91. The number of halogens is 1. The SMILES string of the molecule is CCC1(CNCc2cc(Br)c(OC)s2)CC1. The molecule has 4 heteroatoms. The van der Waals surface area contributed by atoms with Gasteiger partial charge in [-0.2, -0.15) is 0 Å². The number of ether oxygens (including phenoxy) is 1. The molecule has 1 heterocycles. The first-order valence-electron chi connectivity index (χ1n) is 5.72. The highest BCUT2D eigenvalue weighted by molar-refractivity contribution is 9.10. The number of thiophene rings is 1. The molecule has 0 aromatic carbocycles. The van der Waals surface area contributed by atoms with Crippen molar-refractivity contribution in [3.8, 4) is 5.06 Å². The Balaban J connectivity index is 1.81. The lowest BCUT2D eigenvalue weighted by Crippen LogP contribution is -2.22. The summed E-state index contributed by atoms with van der Waals surface area (Å²) in [6, 6.07) is 2.14. The Morgan fingerprint density at radius 1 is 1.56 bits per heavy atom. The van der Waals surface area contributed by atoms with Crippen LogP contribution in [0.3, 0.4) is 0 Å². The predicted octanol–water partition coefficient (Wildman–Crippen LogP) is 3.80. The van der Waals surface area contributed by atoms with Gasteiger partial charge in [-0.15, -0.1) is 11.3 Å². The van der Waals surface area contributed by atoms with Crippen molar-refractivity contribution >= 4 is 27.3 Å². The standard InChI is InChI=1S/C12H18BrNOS/c1-3-12(4-5-12)8-14-7-9-6-10(13)11(15-2)16-9/h6,14H,3-5,7-8H2,1-2H3. The Labute approximate surface area is 110 Å². The van der Waals surface area contributed by atoms with Crippen molar-refractivity contribution in [3.05, 3.63) is 15.4 Å². The Hall–Kier alpha value is -0.0600. The van der Waals surface area contributed by atoms with Crippen molar-refractivity contribution in [1.29, 1.82) is 0 Å².